The van der Waals surface area contributed by atoms with E-state index in [1.807, 2.05) is 35.3 Å². The zero-order chi connectivity index (χ0) is 26.3. The molecule has 6 heteroatoms. The van der Waals surface area contributed by atoms with E-state index in [2.05, 4.69) is 89.2 Å². The van der Waals surface area contributed by atoms with Gasteiger partial charge in [-0.15, -0.1) is 10.6 Å². The minimum absolute atomic E-state index is 0.170. The topological polar surface area (TPSA) is 55.9 Å². The third-order valence-corrected chi connectivity index (χ3v) is 5.93. The summed E-state index contributed by atoms with van der Waals surface area (Å²) >= 11 is 0. The second-order valence-corrected chi connectivity index (χ2v) is 15.2. The van der Waals surface area contributed by atoms with Gasteiger partial charge in [0.25, 0.3) is 0 Å². The second kappa shape index (κ2) is 11.9. The molecule has 35 heavy (non-hydrogen) atoms. The number of carboxylic acid groups (broad SMARTS) is 1. The van der Waals surface area contributed by atoms with Gasteiger partial charge in [0.05, 0.1) is 10.8 Å². The Morgan fingerprint density at radius 3 is 1.94 bits per heavy atom. The highest BCUT2D eigenvalue weighted by Crippen LogP contribution is 2.20. The van der Waals surface area contributed by atoms with E-state index >= 15 is 0 Å². The molecule has 0 aliphatic rings. The van der Waals surface area contributed by atoms with Gasteiger partial charge >= 0.3 is 5.97 Å². The Kier molecular flexibility index (Phi) is 9.45. The van der Waals surface area contributed by atoms with Gasteiger partial charge in [-0.05, 0) is 84.0 Å². The Morgan fingerprint density at radius 1 is 0.886 bits per heavy atom. The fraction of sp³-hybridized carbons (Fsp3) is 0.414. The van der Waals surface area contributed by atoms with Gasteiger partial charge in [-0.3, -0.25) is 0 Å². The maximum absolute atomic E-state index is 11.8. The number of nitrogens with zero attached hydrogens (tertiary/aromatic N) is 3. The predicted molar refractivity (Wildman–Crippen MR) is 147 cm³/mol. The van der Waals surface area contributed by atoms with E-state index in [1.54, 1.807) is 12.1 Å². The van der Waals surface area contributed by atoms with Crippen molar-refractivity contribution in [2.75, 3.05) is 5.01 Å². The monoisotopic (exact) mass is 488 g/mol. The molecule has 0 bridgehead atoms. The number of carboxylic acids is 1. The van der Waals surface area contributed by atoms with E-state index in [0.29, 0.717) is 11.1 Å². The van der Waals surface area contributed by atoms with Gasteiger partial charge < -0.3 is 5.11 Å². The van der Waals surface area contributed by atoms with Crippen molar-refractivity contribution in [2.45, 2.75) is 79.3 Å². The summed E-state index contributed by atoms with van der Waals surface area (Å²) in [7, 11) is -1.55. The third kappa shape index (κ3) is 8.42. The summed E-state index contributed by atoms with van der Waals surface area (Å²) in [6, 6.07) is 13.8. The van der Waals surface area contributed by atoms with Crippen LogP contribution in [0.5, 0.6) is 0 Å². The molecule has 2 aromatic carbocycles. The van der Waals surface area contributed by atoms with E-state index in [-0.39, 0.29) is 23.7 Å². The molecule has 0 atom stereocenters. The molecule has 0 aromatic heterocycles. The Morgan fingerprint density at radius 2 is 1.46 bits per heavy atom. The van der Waals surface area contributed by atoms with E-state index < -0.39 is 14.0 Å². The Hall–Kier alpha value is -3.35. The number of aromatic carboxylic acids is 1. The van der Waals surface area contributed by atoms with Gasteiger partial charge in [0.1, 0.15) is 31.9 Å². The molecular weight excluding hydrogens is 450 g/mol. The lowest BCUT2D eigenvalue weighted by molar-refractivity contribution is -0.650. The quantitative estimate of drug-likeness (QED) is 0.168. The van der Waals surface area contributed by atoms with Gasteiger partial charge in [-0.25, -0.2) is 4.79 Å². The van der Waals surface area contributed by atoms with Gasteiger partial charge in [-0.1, -0.05) is 37.4 Å². The van der Waals surface area contributed by atoms with Crippen LogP contribution in [-0.4, -0.2) is 42.0 Å². The summed E-state index contributed by atoms with van der Waals surface area (Å²) in [6.07, 6.45) is 0. The van der Waals surface area contributed by atoms with Crippen molar-refractivity contribution in [3.63, 3.8) is 0 Å². The van der Waals surface area contributed by atoms with Crippen LogP contribution >= 0.6 is 0 Å². The minimum Gasteiger partial charge on any atom is -0.478 e. The molecule has 5 nitrogen and oxygen atoms in total. The summed E-state index contributed by atoms with van der Waals surface area (Å²) in [5, 5.41) is 16.6. The molecular formula is C29H38N3O2Si+. The van der Waals surface area contributed by atoms with Crippen LogP contribution in [0.2, 0.25) is 19.6 Å². The molecule has 0 fully saturated rings. The van der Waals surface area contributed by atoms with Gasteiger partial charge in [0.15, 0.2) is 0 Å². The largest absolute Gasteiger partial charge is 0.478 e. The van der Waals surface area contributed by atoms with Crippen LogP contribution in [0.1, 0.15) is 68.6 Å². The SMILES string of the molecule is CC(C)N(N=[N+](C(C)C)C(C)C)c1ccc(C#Cc2ccc(C#C[Si](C)(C)C)cc2C(=O)O)cc1. The Labute approximate surface area is 211 Å². The van der Waals surface area contributed by atoms with Crippen molar-refractivity contribution in [1.82, 2.24) is 0 Å². The molecule has 1 N–H and O–H groups in total. The van der Waals surface area contributed by atoms with E-state index in [0.717, 1.165) is 11.3 Å². The fourth-order valence-electron chi connectivity index (χ4n) is 3.37. The molecule has 0 heterocycles. The molecule has 0 radical (unpaired) electrons. The molecule has 0 saturated carbocycles. The molecule has 0 aliphatic carbocycles. The van der Waals surface area contributed by atoms with Crippen molar-refractivity contribution >= 4 is 19.7 Å². The minimum atomic E-state index is -1.55. The Balaban J connectivity index is 2.36. The summed E-state index contributed by atoms with van der Waals surface area (Å²) in [5.74, 6) is 8.24. The molecule has 0 aliphatic heterocycles. The van der Waals surface area contributed by atoms with Gasteiger partial charge in [0.2, 0.25) is 0 Å². The molecule has 184 valence electrons. The first-order chi connectivity index (χ1) is 16.3. The first-order valence-electron chi connectivity index (χ1n) is 12.1. The molecule has 0 amide bonds. The molecule has 0 saturated heterocycles. The highest BCUT2D eigenvalue weighted by Gasteiger charge is 2.22. The van der Waals surface area contributed by atoms with Crippen molar-refractivity contribution < 1.29 is 14.6 Å². The average molecular weight is 489 g/mol. The highest BCUT2D eigenvalue weighted by atomic mass is 28.3. The lowest BCUT2D eigenvalue weighted by Gasteiger charge is -2.19. The van der Waals surface area contributed by atoms with Crippen LogP contribution in [0.3, 0.4) is 0 Å². The normalized spacial score (nSPS) is 11.0. The van der Waals surface area contributed by atoms with Gasteiger partial charge in [-0.2, -0.15) is 4.70 Å². The highest BCUT2D eigenvalue weighted by molar-refractivity contribution is 6.83. The predicted octanol–water partition coefficient (Wildman–Crippen LogP) is 6.42. The smallest absolute Gasteiger partial charge is 0.337 e. The van der Waals surface area contributed by atoms with Crippen LogP contribution in [0, 0.1) is 23.3 Å². The fourth-order valence-corrected chi connectivity index (χ4v) is 3.89. The van der Waals surface area contributed by atoms with Crippen LogP contribution in [-0.2, 0) is 0 Å². The summed E-state index contributed by atoms with van der Waals surface area (Å²) in [4.78, 5) is 11.8. The zero-order valence-corrected chi connectivity index (χ0v) is 23.5. The van der Waals surface area contributed by atoms with Crippen LogP contribution in [0.25, 0.3) is 0 Å². The number of hydrogen-bond acceptors (Lipinski definition) is 2. The first kappa shape index (κ1) is 27.9. The van der Waals surface area contributed by atoms with Crippen molar-refractivity contribution in [1.29, 1.82) is 0 Å². The van der Waals surface area contributed by atoms with Crippen LogP contribution in [0.15, 0.2) is 47.7 Å². The van der Waals surface area contributed by atoms with Gasteiger partial charge in [0, 0.05) is 16.7 Å². The maximum atomic E-state index is 11.8. The van der Waals surface area contributed by atoms with E-state index in [1.165, 1.54) is 0 Å². The van der Waals surface area contributed by atoms with E-state index in [4.69, 9.17) is 5.22 Å². The van der Waals surface area contributed by atoms with Crippen LogP contribution < -0.4 is 5.01 Å². The van der Waals surface area contributed by atoms with Crippen LogP contribution in [0.4, 0.5) is 5.69 Å². The number of carbonyl (C=O) groups is 1. The summed E-state index contributed by atoms with van der Waals surface area (Å²) in [5.41, 5.74) is 6.41. The molecule has 0 spiro atoms. The number of benzene rings is 2. The lowest BCUT2D eigenvalue weighted by Crippen LogP contribution is -2.33. The first-order valence-corrected chi connectivity index (χ1v) is 15.6. The number of hydrogen-bond donors (Lipinski definition) is 1. The Bertz CT molecular complexity index is 1190. The summed E-state index contributed by atoms with van der Waals surface area (Å²) < 4.78 is 2.10. The average Bonchev–Trinajstić information content (AvgIpc) is 2.76. The van der Waals surface area contributed by atoms with Crippen molar-refractivity contribution in [3.8, 4) is 23.3 Å². The van der Waals surface area contributed by atoms with Crippen molar-refractivity contribution in [2.24, 2.45) is 5.22 Å². The number of anilines is 1. The van der Waals surface area contributed by atoms with E-state index in [9.17, 15) is 9.90 Å². The second-order valence-electron chi connectivity index (χ2n) is 10.5. The molecule has 2 aromatic rings. The zero-order valence-electron chi connectivity index (χ0n) is 22.5. The maximum Gasteiger partial charge on any atom is 0.337 e. The summed E-state index contributed by atoms with van der Waals surface area (Å²) in [6.45, 7) is 19.2. The van der Waals surface area contributed by atoms with Crippen molar-refractivity contribution in [3.05, 3.63) is 64.7 Å². The standard InChI is InChI=1S/C29H37N3O2Si/c1-21(2)31(22(3)4)30-32(23(5)6)27-16-12-24(13-17-27)10-14-26-15-11-25(18-19-35(7,8)9)20-28(26)29(33)34/h11-13,15-17,20-23H,1-9H3/p+1. The molecule has 0 unspecified atom stereocenters. The third-order valence-electron chi connectivity index (χ3n) is 5.05. The number of rotatable bonds is 6. The lowest BCUT2D eigenvalue weighted by atomic mass is 10.0. The molecule has 2 rings (SSSR count).